The standard InChI is InChI=1S/C22H13N3O8S/c26-18(13-5-7-14(8-6-13)24(29)30)12-23-21(27)20(34-22(23)28)11-15-9-10-19(33-15)16-3-1-2-4-17(16)25(31)32/h1-11H,12H2/b20-11+. The molecule has 3 aromatic rings. The van der Waals surface area contributed by atoms with Gasteiger partial charge in [-0.05, 0) is 42.1 Å². The van der Waals surface area contributed by atoms with Crippen LogP contribution in [0.1, 0.15) is 16.1 Å². The highest BCUT2D eigenvalue weighted by atomic mass is 32.2. The molecule has 0 bridgehead atoms. The minimum absolute atomic E-state index is 0.0185. The Bertz CT molecular complexity index is 1380. The highest BCUT2D eigenvalue weighted by Crippen LogP contribution is 2.35. The van der Waals surface area contributed by atoms with E-state index in [0.717, 1.165) is 17.0 Å². The number of hydrogen-bond donors (Lipinski definition) is 0. The molecule has 0 N–H and O–H groups in total. The van der Waals surface area contributed by atoms with Gasteiger partial charge < -0.3 is 4.42 Å². The Kier molecular flexibility index (Phi) is 6.06. The Morgan fingerprint density at radius 3 is 2.35 bits per heavy atom. The minimum atomic E-state index is -0.700. The van der Waals surface area contributed by atoms with Gasteiger partial charge >= 0.3 is 0 Å². The molecule has 34 heavy (non-hydrogen) atoms. The summed E-state index contributed by atoms with van der Waals surface area (Å²) in [6.45, 7) is -0.528. The number of ketones is 1. The lowest BCUT2D eigenvalue weighted by Crippen LogP contribution is -2.33. The first-order valence-corrected chi connectivity index (χ1v) is 10.4. The zero-order valence-corrected chi connectivity index (χ0v) is 17.9. The predicted molar refractivity (Wildman–Crippen MR) is 121 cm³/mol. The third-order valence-corrected chi connectivity index (χ3v) is 5.75. The van der Waals surface area contributed by atoms with Crippen LogP contribution in [0, 0.1) is 20.2 Å². The van der Waals surface area contributed by atoms with Crippen LogP contribution < -0.4 is 0 Å². The number of nitro benzene ring substituents is 2. The molecule has 0 radical (unpaired) electrons. The van der Waals surface area contributed by atoms with E-state index in [0.29, 0.717) is 11.8 Å². The van der Waals surface area contributed by atoms with Gasteiger partial charge in [0.2, 0.25) is 0 Å². The van der Waals surface area contributed by atoms with Gasteiger partial charge in [0, 0.05) is 29.8 Å². The lowest BCUT2D eigenvalue weighted by Gasteiger charge is -2.11. The molecule has 1 fully saturated rings. The van der Waals surface area contributed by atoms with Crippen LogP contribution in [0.2, 0.25) is 0 Å². The number of carbonyl (C=O) groups excluding carboxylic acids is 3. The molecule has 1 saturated heterocycles. The maximum atomic E-state index is 12.7. The second-order valence-electron chi connectivity index (χ2n) is 6.97. The Balaban J connectivity index is 1.51. The van der Waals surface area contributed by atoms with Crippen molar-refractivity contribution in [2.75, 3.05) is 6.54 Å². The summed E-state index contributed by atoms with van der Waals surface area (Å²) in [4.78, 5) is 59.1. The van der Waals surface area contributed by atoms with Crippen molar-refractivity contribution >= 4 is 46.1 Å². The number of Topliss-reactive ketones (excluding diaryl/α,β-unsaturated/α-hetero) is 1. The van der Waals surface area contributed by atoms with Gasteiger partial charge in [0.1, 0.15) is 11.5 Å². The van der Waals surface area contributed by atoms with Crippen LogP contribution in [0.15, 0.2) is 70.0 Å². The maximum Gasteiger partial charge on any atom is 0.293 e. The highest BCUT2D eigenvalue weighted by Gasteiger charge is 2.36. The monoisotopic (exact) mass is 479 g/mol. The fourth-order valence-electron chi connectivity index (χ4n) is 3.19. The summed E-state index contributed by atoms with van der Waals surface area (Å²) < 4.78 is 5.62. The molecule has 2 amide bonds. The normalized spacial score (nSPS) is 14.6. The van der Waals surface area contributed by atoms with Crippen molar-refractivity contribution in [3.8, 4) is 11.3 Å². The van der Waals surface area contributed by atoms with Crippen molar-refractivity contribution < 1.29 is 28.6 Å². The van der Waals surface area contributed by atoms with E-state index in [1.54, 1.807) is 6.07 Å². The molecule has 0 saturated carbocycles. The van der Waals surface area contributed by atoms with Crippen LogP contribution in [0.4, 0.5) is 16.2 Å². The molecule has 1 aromatic heterocycles. The van der Waals surface area contributed by atoms with E-state index in [9.17, 15) is 34.6 Å². The first-order chi connectivity index (χ1) is 16.2. The van der Waals surface area contributed by atoms with E-state index >= 15 is 0 Å². The molecule has 0 atom stereocenters. The van der Waals surface area contributed by atoms with Gasteiger partial charge in [0.25, 0.3) is 22.5 Å². The lowest BCUT2D eigenvalue weighted by molar-refractivity contribution is -0.384. The van der Waals surface area contributed by atoms with Crippen molar-refractivity contribution in [1.29, 1.82) is 0 Å². The first-order valence-electron chi connectivity index (χ1n) is 9.61. The molecule has 4 rings (SSSR count). The number of amides is 2. The van der Waals surface area contributed by atoms with Gasteiger partial charge in [-0.2, -0.15) is 0 Å². The van der Waals surface area contributed by atoms with Crippen LogP contribution >= 0.6 is 11.8 Å². The smallest absolute Gasteiger partial charge is 0.293 e. The number of benzene rings is 2. The number of carbonyl (C=O) groups is 3. The summed E-state index contributed by atoms with van der Waals surface area (Å²) in [7, 11) is 0. The second kappa shape index (κ2) is 9.11. The van der Waals surface area contributed by atoms with Gasteiger partial charge in [-0.1, -0.05) is 12.1 Å². The van der Waals surface area contributed by atoms with Gasteiger partial charge in [-0.3, -0.25) is 39.5 Å². The summed E-state index contributed by atoms with van der Waals surface area (Å²) in [5, 5.41) is 21.3. The molecule has 2 heterocycles. The molecule has 1 aliphatic rings. The molecule has 0 unspecified atom stereocenters. The summed E-state index contributed by atoms with van der Waals surface area (Å²) in [5.74, 6) is -0.851. The fourth-order valence-corrected chi connectivity index (χ4v) is 4.00. The largest absolute Gasteiger partial charge is 0.456 e. The number of nitro groups is 2. The summed E-state index contributed by atoms with van der Waals surface area (Å²) in [6.07, 6.45) is 1.32. The fraction of sp³-hybridized carbons (Fsp3) is 0.0455. The van der Waals surface area contributed by atoms with Crippen molar-refractivity contribution in [3.05, 3.63) is 97.1 Å². The average molecular weight is 479 g/mol. The van der Waals surface area contributed by atoms with Crippen LogP contribution in [0.5, 0.6) is 0 Å². The number of imide groups is 1. The number of rotatable bonds is 7. The van der Waals surface area contributed by atoms with Crippen molar-refractivity contribution in [3.63, 3.8) is 0 Å². The van der Waals surface area contributed by atoms with E-state index < -0.39 is 33.3 Å². The number of non-ortho nitro benzene ring substituents is 1. The summed E-state index contributed by atoms with van der Waals surface area (Å²) in [5.41, 5.74) is 0.0421. The number of hydrogen-bond acceptors (Lipinski definition) is 9. The number of thioether (sulfide) groups is 1. The van der Waals surface area contributed by atoms with E-state index in [2.05, 4.69) is 0 Å². The molecule has 1 aliphatic heterocycles. The van der Waals surface area contributed by atoms with E-state index in [4.69, 9.17) is 4.42 Å². The van der Waals surface area contributed by atoms with Gasteiger partial charge in [-0.25, -0.2) is 0 Å². The SMILES string of the molecule is O=C(CN1C(=O)S/C(=C/c2ccc(-c3ccccc3[N+](=O)[O-])o2)C1=O)c1ccc([N+](=O)[O-])cc1. The molecular formula is C22H13N3O8S. The highest BCUT2D eigenvalue weighted by molar-refractivity contribution is 8.18. The predicted octanol–water partition coefficient (Wildman–Crippen LogP) is 4.68. The second-order valence-corrected chi connectivity index (χ2v) is 7.96. The molecule has 2 aromatic carbocycles. The quantitative estimate of drug-likeness (QED) is 0.203. The molecule has 11 nitrogen and oxygen atoms in total. The minimum Gasteiger partial charge on any atom is -0.456 e. The molecule has 0 spiro atoms. The number of para-hydroxylation sites is 1. The Morgan fingerprint density at radius 1 is 0.971 bits per heavy atom. The van der Waals surface area contributed by atoms with Crippen molar-refractivity contribution in [1.82, 2.24) is 4.90 Å². The molecule has 170 valence electrons. The lowest BCUT2D eigenvalue weighted by atomic mass is 10.1. The summed E-state index contributed by atoms with van der Waals surface area (Å²) in [6, 6.07) is 13.9. The Morgan fingerprint density at radius 2 is 1.68 bits per heavy atom. The van der Waals surface area contributed by atoms with Crippen LogP contribution in [-0.2, 0) is 4.79 Å². The maximum absolute atomic E-state index is 12.7. The average Bonchev–Trinajstić information content (AvgIpc) is 3.39. The van der Waals surface area contributed by atoms with Crippen molar-refractivity contribution in [2.45, 2.75) is 0 Å². The van der Waals surface area contributed by atoms with Crippen LogP contribution in [0.25, 0.3) is 17.4 Å². The zero-order valence-electron chi connectivity index (χ0n) is 17.1. The van der Waals surface area contributed by atoms with Crippen LogP contribution in [-0.4, -0.2) is 38.2 Å². The van der Waals surface area contributed by atoms with Gasteiger partial charge in [-0.15, -0.1) is 0 Å². The molecule has 12 heteroatoms. The van der Waals surface area contributed by atoms with Crippen molar-refractivity contribution in [2.24, 2.45) is 0 Å². The van der Waals surface area contributed by atoms with Crippen LogP contribution in [0.3, 0.4) is 0 Å². The Hall–Kier alpha value is -4.58. The number of furan rings is 1. The van der Waals surface area contributed by atoms with E-state index in [1.165, 1.54) is 48.5 Å². The first kappa shape index (κ1) is 22.6. The van der Waals surface area contributed by atoms with Gasteiger partial charge in [0.05, 0.1) is 26.9 Å². The summed E-state index contributed by atoms with van der Waals surface area (Å²) >= 11 is 0.622. The molecule has 0 aliphatic carbocycles. The van der Waals surface area contributed by atoms with E-state index in [-0.39, 0.29) is 38.9 Å². The van der Waals surface area contributed by atoms with Gasteiger partial charge in [0.15, 0.2) is 5.78 Å². The number of nitrogens with zero attached hydrogens (tertiary/aromatic N) is 3. The third-order valence-electron chi connectivity index (χ3n) is 4.84. The zero-order chi connectivity index (χ0) is 24.4. The topological polar surface area (TPSA) is 154 Å². The van der Waals surface area contributed by atoms with E-state index in [1.807, 2.05) is 0 Å². The Labute approximate surface area is 195 Å². The third kappa shape index (κ3) is 4.47. The molecular weight excluding hydrogens is 466 g/mol.